The van der Waals surface area contributed by atoms with Crippen LogP contribution in [0.25, 0.3) is 22.0 Å². The standard InChI is InChI=1S/C22H25N3O4/c1-13-8-16(15-6-7-17(12-26)23-10-15)9-18-20(14(2)27)24-25(21(13)18)11-19(28)29-22(3,4)5/h6-10,26H,11-12H2,1-5H3. The molecule has 1 N–H and O–H groups in total. The van der Waals surface area contributed by atoms with Crippen molar-refractivity contribution in [2.24, 2.45) is 0 Å². The third kappa shape index (κ3) is 4.51. The number of fused-ring (bicyclic) bond motifs is 1. The van der Waals surface area contributed by atoms with Crippen LogP contribution in [0.5, 0.6) is 0 Å². The number of pyridine rings is 1. The zero-order valence-electron chi connectivity index (χ0n) is 17.3. The molecule has 0 aliphatic carbocycles. The Balaban J connectivity index is 2.09. The average molecular weight is 395 g/mol. The summed E-state index contributed by atoms with van der Waals surface area (Å²) in [6.07, 6.45) is 1.69. The van der Waals surface area contributed by atoms with Gasteiger partial charge in [0.25, 0.3) is 0 Å². The number of Topliss-reactive ketones (excluding diaryl/α,β-unsaturated/α-hetero) is 1. The summed E-state index contributed by atoms with van der Waals surface area (Å²) in [5.41, 5.74) is 3.65. The smallest absolute Gasteiger partial charge is 0.328 e. The summed E-state index contributed by atoms with van der Waals surface area (Å²) in [7, 11) is 0. The van der Waals surface area contributed by atoms with E-state index in [2.05, 4.69) is 10.1 Å². The topological polar surface area (TPSA) is 94.3 Å². The molecule has 0 fully saturated rings. The van der Waals surface area contributed by atoms with Gasteiger partial charge in [-0.1, -0.05) is 6.07 Å². The van der Waals surface area contributed by atoms with Crippen molar-refractivity contribution in [2.75, 3.05) is 0 Å². The van der Waals surface area contributed by atoms with Gasteiger partial charge in [0.15, 0.2) is 5.78 Å². The van der Waals surface area contributed by atoms with Crippen molar-refractivity contribution in [3.8, 4) is 11.1 Å². The SMILES string of the molecule is CC(=O)c1nn(CC(=O)OC(C)(C)C)c2c(C)cc(-c3ccc(CO)nc3)cc12. The lowest BCUT2D eigenvalue weighted by Crippen LogP contribution is -2.27. The van der Waals surface area contributed by atoms with Crippen LogP contribution in [-0.4, -0.2) is 37.2 Å². The molecule has 0 radical (unpaired) electrons. The van der Waals surface area contributed by atoms with Crippen LogP contribution in [0.3, 0.4) is 0 Å². The molecule has 3 rings (SSSR count). The van der Waals surface area contributed by atoms with Gasteiger partial charge in [-0.05, 0) is 57.0 Å². The number of ketones is 1. The van der Waals surface area contributed by atoms with Gasteiger partial charge in [0.05, 0.1) is 17.8 Å². The van der Waals surface area contributed by atoms with Gasteiger partial charge in [-0.25, -0.2) is 0 Å². The van der Waals surface area contributed by atoms with E-state index in [1.54, 1.807) is 33.0 Å². The van der Waals surface area contributed by atoms with E-state index in [0.29, 0.717) is 16.8 Å². The summed E-state index contributed by atoms with van der Waals surface area (Å²) in [6.45, 7) is 8.60. The molecule has 0 spiro atoms. The van der Waals surface area contributed by atoms with E-state index in [4.69, 9.17) is 4.74 Å². The molecule has 2 aromatic heterocycles. The van der Waals surface area contributed by atoms with E-state index in [0.717, 1.165) is 22.2 Å². The molecule has 152 valence electrons. The maximum absolute atomic E-state index is 12.3. The van der Waals surface area contributed by atoms with Crippen LogP contribution in [0.4, 0.5) is 0 Å². The number of esters is 1. The molecule has 0 atom stereocenters. The minimum Gasteiger partial charge on any atom is -0.459 e. The van der Waals surface area contributed by atoms with Crippen molar-refractivity contribution in [2.45, 2.75) is 53.4 Å². The number of nitrogens with zero attached hydrogens (tertiary/aromatic N) is 3. The van der Waals surface area contributed by atoms with Gasteiger partial charge in [0.1, 0.15) is 17.8 Å². The van der Waals surface area contributed by atoms with Gasteiger partial charge in [-0.3, -0.25) is 19.3 Å². The fraction of sp³-hybridized carbons (Fsp3) is 0.364. The number of benzene rings is 1. The van der Waals surface area contributed by atoms with Crippen molar-refractivity contribution in [1.29, 1.82) is 0 Å². The summed E-state index contributed by atoms with van der Waals surface area (Å²) < 4.78 is 6.94. The minimum atomic E-state index is -0.598. The Hall–Kier alpha value is -3.06. The maximum Gasteiger partial charge on any atom is 0.328 e. The number of aryl methyl sites for hydroxylation is 1. The van der Waals surface area contributed by atoms with Gasteiger partial charge in [0.2, 0.25) is 0 Å². The zero-order valence-corrected chi connectivity index (χ0v) is 17.3. The van der Waals surface area contributed by atoms with Crippen molar-refractivity contribution < 1.29 is 19.4 Å². The largest absolute Gasteiger partial charge is 0.459 e. The van der Waals surface area contributed by atoms with E-state index in [9.17, 15) is 14.7 Å². The summed E-state index contributed by atoms with van der Waals surface area (Å²) >= 11 is 0. The fourth-order valence-corrected chi connectivity index (χ4v) is 3.25. The molecule has 29 heavy (non-hydrogen) atoms. The quantitative estimate of drug-likeness (QED) is 0.525. The molecular formula is C22H25N3O4. The molecule has 0 aliphatic heterocycles. The van der Waals surface area contributed by atoms with Crippen molar-refractivity contribution in [1.82, 2.24) is 14.8 Å². The molecule has 2 heterocycles. The Morgan fingerprint density at radius 3 is 2.45 bits per heavy atom. The lowest BCUT2D eigenvalue weighted by molar-refractivity contribution is -0.155. The first-order chi connectivity index (χ1) is 13.6. The summed E-state index contributed by atoms with van der Waals surface area (Å²) in [4.78, 5) is 28.7. The van der Waals surface area contributed by atoms with Crippen molar-refractivity contribution in [3.05, 3.63) is 47.4 Å². The predicted molar refractivity (Wildman–Crippen MR) is 109 cm³/mol. The van der Waals surface area contributed by atoms with Crippen LogP contribution in [0, 0.1) is 6.92 Å². The second-order valence-corrected chi connectivity index (χ2v) is 8.03. The number of ether oxygens (including phenoxy) is 1. The summed E-state index contributed by atoms with van der Waals surface area (Å²) in [5, 5.41) is 14.3. The first kappa shape index (κ1) is 20.7. The van der Waals surface area contributed by atoms with E-state index in [-0.39, 0.29) is 18.9 Å². The molecule has 0 saturated carbocycles. The van der Waals surface area contributed by atoms with Crippen LogP contribution in [-0.2, 0) is 22.7 Å². The second kappa shape index (κ2) is 7.75. The highest BCUT2D eigenvalue weighted by atomic mass is 16.6. The Morgan fingerprint density at radius 1 is 1.17 bits per heavy atom. The van der Waals surface area contributed by atoms with Gasteiger partial charge in [-0.2, -0.15) is 5.10 Å². The molecular weight excluding hydrogens is 370 g/mol. The molecule has 0 bridgehead atoms. The monoisotopic (exact) mass is 395 g/mol. The fourth-order valence-electron chi connectivity index (χ4n) is 3.25. The Labute approximate surface area is 169 Å². The summed E-state index contributed by atoms with van der Waals surface area (Å²) in [5.74, 6) is -0.590. The first-order valence-electron chi connectivity index (χ1n) is 9.39. The lowest BCUT2D eigenvalue weighted by Gasteiger charge is -2.19. The second-order valence-electron chi connectivity index (χ2n) is 8.03. The van der Waals surface area contributed by atoms with Gasteiger partial charge >= 0.3 is 5.97 Å². The molecule has 3 aromatic rings. The zero-order chi connectivity index (χ0) is 21.3. The highest BCUT2D eigenvalue weighted by Gasteiger charge is 2.22. The first-order valence-corrected chi connectivity index (χ1v) is 9.39. The van der Waals surface area contributed by atoms with Crippen LogP contribution < -0.4 is 0 Å². The Morgan fingerprint density at radius 2 is 1.90 bits per heavy atom. The number of carbonyl (C=O) groups excluding carboxylic acids is 2. The van der Waals surface area contributed by atoms with E-state index < -0.39 is 11.6 Å². The Kier molecular flexibility index (Phi) is 5.53. The number of aliphatic hydroxyl groups is 1. The lowest BCUT2D eigenvalue weighted by atomic mass is 10.00. The van der Waals surface area contributed by atoms with E-state index >= 15 is 0 Å². The van der Waals surface area contributed by atoms with Gasteiger partial charge in [-0.15, -0.1) is 0 Å². The van der Waals surface area contributed by atoms with Gasteiger partial charge < -0.3 is 9.84 Å². The number of carbonyl (C=O) groups is 2. The maximum atomic E-state index is 12.3. The third-order valence-electron chi connectivity index (χ3n) is 4.39. The number of aliphatic hydroxyl groups excluding tert-OH is 1. The molecule has 7 heteroatoms. The van der Waals surface area contributed by atoms with Crippen LogP contribution in [0.1, 0.15) is 49.4 Å². The molecule has 1 aromatic carbocycles. The minimum absolute atomic E-state index is 0.0754. The number of hydrogen-bond acceptors (Lipinski definition) is 6. The van der Waals surface area contributed by atoms with Crippen LogP contribution in [0.15, 0.2) is 30.5 Å². The van der Waals surface area contributed by atoms with E-state index in [1.165, 1.54) is 11.6 Å². The molecule has 0 unspecified atom stereocenters. The summed E-state index contributed by atoms with van der Waals surface area (Å²) in [6, 6.07) is 7.48. The van der Waals surface area contributed by atoms with Crippen LogP contribution >= 0.6 is 0 Å². The highest BCUT2D eigenvalue weighted by molar-refractivity contribution is 6.06. The van der Waals surface area contributed by atoms with Crippen LogP contribution in [0.2, 0.25) is 0 Å². The van der Waals surface area contributed by atoms with E-state index in [1.807, 2.05) is 25.1 Å². The normalized spacial score (nSPS) is 11.7. The van der Waals surface area contributed by atoms with Gasteiger partial charge in [0, 0.05) is 24.1 Å². The molecule has 7 nitrogen and oxygen atoms in total. The highest BCUT2D eigenvalue weighted by Crippen LogP contribution is 2.30. The molecule has 0 aliphatic rings. The number of aromatic nitrogens is 3. The van der Waals surface area contributed by atoms with Crippen molar-refractivity contribution in [3.63, 3.8) is 0 Å². The Bertz CT molecular complexity index is 1080. The molecule has 0 amide bonds. The molecule has 0 saturated heterocycles. The predicted octanol–water partition coefficient (Wildman–Crippen LogP) is 3.44. The average Bonchev–Trinajstić information content (AvgIpc) is 2.99. The third-order valence-corrected chi connectivity index (χ3v) is 4.39. The number of hydrogen-bond donors (Lipinski definition) is 1. The number of rotatable bonds is 5. The van der Waals surface area contributed by atoms with Crippen molar-refractivity contribution >= 4 is 22.7 Å².